The Labute approximate surface area is 130 Å². The van der Waals surface area contributed by atoms with E-state index in [0.717, 1.165) is 25.1 Å². The summed E-state index contributed by atoms with van der Waals surface area (Å²) in [5.74, 6) is 1.14. The lowest BCUT2D eigenvalue weighted by atomic mass is 10.2. The second kappa shape index (κ2) is 7.22. The minimum Gasteiger partial charge on any atom is -0.347 e. The van der Waals surface area contributed by atoms with Crippen molar-refractivity contribution >= 4 is 29.2 Å². The summed E-state index contributed by atoms with van der Waals surface area (Å²) in [5.41, 5.74) is 1.05. The van der Waals surface area contributed by atoms with E-state index in [0.29, 0.717) is 11.9 Å². The monoisotopic (exact) mass is 305 g/mol. The third-order valence-electron chi connectivity index (χ3n) is 3.03. The van der Waals surface area contributed by atoms with Crippen molar-refractivity contribution in [2.75, 3.05) is 30.4 Å². The quantitative estimate of drug-likeness (QED) is 0.817. The molecule has 0 radical (unpaired) electrons. The second-order valence-electron chi connectivity index (χ2n) is 4.94. The van der Waals surface area contributed by atoms with Crippen LogP contribution in [0.3, 0.4) is 0 Å². The van der Waals surface area contributed by atoms with E-state index in [4.69, 9.17) is 11.6 Å². The van der Waals surface area contributed by atoms with E-state index < -0.39 is 0 Å². The maximum Gasteiger partial charge on any atom is 0.236 e. The summed E-state index contributed by atoms with van der Waals surface area (Å²) >= 11 is 6.04. The summed E-state index contributed by atoms with van der Waals surface area (Å²) in [5, 5.41) is 0.209. The maximum atomic E-state index is 6.04. The maximum absolute atomic E-state index is 6.04. The van der Waals surface area contributed by atoms with Crippen LogP contribution in [0.4, 0.5) is 17.6 Å². The van der Waals surface area contributed by atoms with Gasteiger partial charge in [-0.2, -0.15) is 15.0 Å². The van der Waals surface area contributed by atoms with E-state index >= 15 is 0 Å². The van der Waals surface area contributed by atoms with E-state index in [1.54, 1.807) is 0 Å². The van der Waals surface area contributed by atoms with Crippen LogP contribution in [-0.4, -0.2) is 35.6 Å². The predicted octanol–water partition coefficient (Wildman–Crippen LogP) is 3.53. The largest absolute Gasteiger partial charge is 0.347 e. The molecule has 0 fully saturated rings. The molecule has 0 spiro atoms. The fraction of sp³-hybridized carbons (Fsp3) is 0.400. The van der Waals surface area contributed by atoms with Crippen LogP contribution in [0.2, 0.25) is 5.28 Å². The van der Waals surface area contributed by atoms with Gasteiger partial charge in [-0.25, -0.2) is 0 Å². The number of hydrogen-bond donors (Lipinski definition) is 0. The highest BCUT2D eigenvalue weighted by Gasteiger charge is 2.15. The average Bonchev–Trinajstić information content (AvgIpc) is 2.48. The predicted molar refractivity (Wildman–Crippen MR) is 87.5 cm³/mol. The Hall–Kier alpha value is -1.88. The van der Waals surface area contributed by atoms with E-state index in [9.17, 15) is 0 Å². The zero-order valence-corrected chi connectivity index (χ0v) is 13.4. The first-order valence-electron chi connectivity index (χ1n) is 7.03. The molecule has 0 unspecified atom stereocenters. The molecule has 0 saturated carbocycles. The molecule has 2 aromatic rings. The van der Waals surface area contributed by atoms with Crippen LogP contribution in [0.1, 0.15) is 19.8 Å². The first-order chi connectivity index (χ1) is 10.1. The number of aromatic nitrogens is 3. The van der Waals surface area contributed by atoms with E-state index in [2.05, 4.69) is 26.8 Å². The van der Waals surface area contributed by atoms with E-state index in [1.165, 1.54) is 0 Å². The van der Waals surface area contributed by atoms with Crippen LogP contribution in [0, 0.1) is 0 Å². The van der Waals surface area contributed by atoms with Gasteiger partial charge in [-0.05, 0) is 30.2 Å². The molecule has 0 bridgehead atoms. The number of nitrogens with zero attached hydrogens (tertiary/aromatic N) is 5. The van der Waals surface area contributed by atoms with Crippen LogP contribution in [0.25, 0.3) is 0 Å². The fourth-order valence-corrected chi connectivity index (χ4v) is 2.07. The highest BCUT2D eigenvalue weighted by molar-refractivity contribution is 6.28. The molecule has 0 saturated heterocycles. The van der Waals surface area contributed by atoms with Crippen LogP contribution >= 0.6 is 11.6 Å². The molecule has 0 amide bonds. The van der Waals surface area contributed by atoms with Crippen LogP contribution in [0.5, 0.6) is 0 Å². The molecule has 0 atom stereocenters. The lowest BCUT2D eigenvalue weighted by Gasteiger charge is -2.23. The minimum atomic E-state index is 0.209. The van der Waals surface area contributed by atoms with Gasteiger partial charge in [-0.1, -0.05) is 31.5 Å². The molecule has 1 aromatic heterocycles. The summed E-state index contributed by atoms with van der Waals surface area (Å²) < 4.78 is 0. The normalized spacial score (nSPS) is 10.5. The summed E-state index contributed by atoms with van der Waals surface area (Å²) in [4.78, 5) is 16.8. The summed E-state index contributed by atoms with van der Waals surface area (Å²) in [6, 6.07) is 10.1. The summed E-state index contributed by atoms with van der Waals surface area (Å²) in [6.07, 6.45) is 2.15. The standard InChI is InChI=1S/C15H20ClN5/c1-4-5-11-21(12-9-7-6-8-10-12)15-18-13(16)17-14(19-15)20(2)3/h6-10H,4-5,11H2,1-3H3. The summed E-state index contributed by atoms with van der Waals surface area (Å²) in [7, 11) is 3.77. The number of unbranched alkanes of at least 4 members (excludes halogenated alkanes) is 1. The van der Waals surface area contributed by atoms with Crippen molar-refractivity contribution in [3.8, 4) is 0 Å². The molecule has 0 N–H and O–H groups in total. The number of halogens is 1. The van der Waals surface area contributed by atoms with Gasteiger partial charge in [0.25, 0.3) is 0 Å². The van der Waals surface area contributed by atoms with Crippen molar-refractivity contribution in [3.63, 3.8) is 0 Å². The smallest absolute Gasteiger partial charge is 0.236 e. The molecule has 0 aliphatic carbocycles. The minimum absolute atomic E-state index is 0.209. The third-order valence-corrected chi connectivity index (χ3v) is 3.20. The van der Waals surface area contributed by atoms with E-state index in [1.807, 2.05) is 49.3 Å². The molecule has 112 valence electrons. The van der Waals surface area contributed by atoms with Crippen molar-refractivity contribution in [2.45, 2.75) is 19.8 Å². The van der Waals surface area contributed by atoms with Crippen molar-refractivity contribution in [3.05, 3.63) is 35.6 Å². The van der Waals surface area contributed by atoms with Gasteiger partial charge >= 0.3 is 0 Å². The molecule has 5 nitrogen and oxygen atoms in total. The highest BCUT2D eigenvalue weighted by Crippen LogP contribution is 2.24. The van der Waals surface area contributed by atoms with Crippen molar-refractivity contribution in [1.82, 2.24) is 15.0 Å². The topological polar surface area (TPSA) is 45.2 Å². The van der Waals surface area contributed by atoms with Crippen molar-refractivity contribution in [1.29, 1.82) is 0 Å². The molecular formula is C15H20ClN5. The van der Waals surface area contributed by atoms with Gasteiger partial charge in [-0.15, -0.1) is 0 Å². The second-order valence-corrected chi connectivity index (χ2v) is 5.28. The Balaban J connectivity index is 2.41. The number of para-hydroxylation sites is 1. The Morgan fingerprint density at radius 2 is 1.67 bits per heavy atom. The molecular weight excluding hydrogens is 286 g/mol. The molecule has 21 heavy (non-hydrogen) atoms. The van der Waals surface area contributed by atoms with Gasteiger partial charge in [0.05, 0.1) is 0 Å². The van der Waals surface area contributed by atoms with Gasteiger partial charge in [-0.3, -0.25) is 0 Å². The van der Waals surface area contributed by atoms with Crippen molar-refractivity contribution < 1.29 is 0 Å². The van der Waals surface area contributed by atoms with Gasteiger partial charge in [0.2, 0.25) is 17.2 Å². The Bertz CT molecular complexity index is 574. The van der Waals surface area contributed by atoms with Gasteiger partial charge in [0.15, 0.2) is 0 Å². The van der Waals surface area contributed by atoms with Crippen molar-refractivity contribution in [2.24, 2.45) is 0 Å². The average molecular weight is 306 g/mol. The van der Waals surface area contributed by atoms with Gasteiger partial charge in [0.1, 0.15) is 0 Å². The van der Waals surface area contributed by atoms with Crippen LogP contribution in [0.15, 0.2) is 30.3 Å². The Morgan fingerprint density at radius 1 is 1.00 bits per heavy atom. The SMILES string of the molecule is CCCCN(c1ccccc1)c1nc(Cl)nc(N(C)C)n1. The molecule has 1 aromatic carbocycles. The molecule has 6 heteroatoms. The Kier molecular flexibility index (Phi) is 5.33. The summed E-state index contributed by atoms with van der Waals surface area (Å²) in [6.45, 7) is 3.00. The molecule has 1 heterocycles. The zero-order chi connectivity index (χ0) is 15.2. The number of anilines is 3. The highest BCUT2D eigenvalue weighted by atomic mass is 35.5. The fourth-order valence-electron chi connectivity index (χ4n) is 1.92. The third kappa shape index (κ3) is 4.04. The van der Waals surface area contributed by atoms with Crippen LogP contribution < -0.4 is 9.80 Å². The molecule has 2 rings (SSSR count). The van der Waals surface area contributed by atoms with Gasteiger partial charge in [0, 0.05) is 26.3 Å². The van der Waals surface area contributed by atoms with Gasteiger partial charge < -0.3 is 9.80 Å². The van der Waals surface area contributed by atoms with Crippen LogP contribution in [-0.2, 0) is 0 Å². The zero-order valence-electron chi connectivity index (χ0n) is 12.6. The first kappa shape index (κ1) is 15.5. The lowest BCUT2D eigenvalue weighted by Crippen LogP contribution is -2.23. The first-order valence-corrected chi connectivity index (χ1v) is 7.41. The lowest BCUT2D eigenvalue weighted by molar-refractivity contribution is 0.766. The number of benzene rings is 1. The molecule has 0 aliphatic rings. The number of rotatable bonds is 6. The number of hydrogen-bond acceptors (Lipinski definition) is 5. The Morgan fingerprint density at radius 3 is 2.29 bits per heavy atom. The van der Waals surface area contributed by atoms with E-state index in [-0.39, 0.29) is 5.28 Å². The molecule has 0 aliphatic heterocycles.